The Bertz CT molecular complexity index is 672. The topological polar surface area (TPSA) is 52.6 Å². The Morgan fingerprint density at radius 3 is 1.06 bits per heavy atom. The zero-order valence-electron chi connectivity index (χ0n) is 22.0. The molecular weight excluding hydrogens is 388 g/mol. The van der Waals surface area contributed by atoms with Crippen LogP contribution < -0.4 is 0 Å². The van der Waals surface area contributed by atoms with Crippen molar-refractivity contribution in [1.82, 2.24) is 0 Å². The van der Waals surface area contributed by atoms with E-state index in [4.69, 9.17) is 9.47 Å². The lowest BCUT2D eigenvalue weighted by Crippen LogP contribution is -2.68. The van der Waals surface area contributed by atoms with Crippen LogP contribution in [0.25, 0.3) is 0 Å². The second-order valence-electron chi connectivity index (χ2n) is 11.7. The summed E-state index contributed by atoms with van der Waals surface area (Å²) in [6, 6.07) is 0. The highest BCUT2D eigenvalue weighted by Gasteiger charge is 2.86. The highest BCUT2D eigenvalue weighted by molar-refractivity contribution is 5.93. The van der Waals surface area contributed by atoms with E-state index in [1.807, 2.05) is 27.7 Å². The Hall–Kier alpha value is -1.32. The van der Waals surface area contributed by atoms with E-state index in [0.717, 1.165) is 6.42 Å². The highest BCUT2D eigenvalue weighted by atomic mass is 16.6. The Morgan fingerprint density at radius 2 is 0.871 bits per heavy atom. The normalized spacial score (nSPS) is 34.8. The van der Waals surface area contributed by atoms with E-state index in [1.54, 1.807) is 0 Å². The predicted octanol–water partition coefficient (Wildman–Crippen LogP) is 6.43. The smallest absolute Gasteiger partial charge is 0.314 e. The fourth-order valence-corrected chi connectivity index (χ4v) is 7.65. The molecule has 31 heavy (non-hydrogen) atoms. The van der Waals surface area contributed by atoms with Crippen LogP contribution in [0.3, 0.4) is 0 Å². The molecule has 4 unspecified atom stereocenters. The molecule has 0 radical (unpaired) electrons. The van der Waals surface area contributed by atoms with Gasteiger partial charge in [-0.15, -0.1) is 0 Å². The van der Waals surface area contributed by atoms with Crippen LogP contribution in [0.4, 0.5) is 0 Å². The van der Waals surface area contributed by atoms with Crippen molar-refractivity contribution in [2.45, 2.75) is 102 Å². The molecule has 0 amide bonds. The standard InChI is InChI=1S/C27H46O4/c1-16(2)24-13-14-25(15-24,17(3)4)27(19(7)8,23(29)31-21(11)12)26(24,18(5)6)22(28)30-20(9)10/h13-14,16-21H,15H2,1-12H3. The highest BCUT2D eigenvalue weighted by Crippen LogP contribution is 2.83. The number of ether oxygens (including phenoxy) is 2. The van der Waals surface area contributed by atoms with Gasteiger partial charge in [-0.05, 0) is 57.8 Å². The largest absolute Gasteiger partial charge is 0.462 e. The van der Waals surface area contributed by atoms with Crippen LogP contribution in [0.15, 0.2) is 12.2 Å². The van der Waals surface area contributed by atoms with E-state index in [1.165, 1.54) is 0 Å². The van der Waals surface area contributed by atoms with E-state index in [2.05, 4.69) is 67.5 Å². The number of hydrogen-bond donors (Lipinski definition) is 0. The molecule has 0 saturated heterocycles. The van der Waals surface area contributed by atoms with Crippen molar-refractivity contribution >= 4 is 11.9 Å². The van der Waals surface area contributed by atoms with Crippen molar-refractivity contribution in [1.29, 1.82) is 0 Å². The third-order valence-electron chi connectivity index (χ3n) is 8.48. The first-order chi connectivity index (χ1) is 14.1. The maximum absolute atomic E-state index is 14.3. The number of allylic oxidation sites excluding steroid dienone is 2. The monoisotopic (exact) mass is 434 g/mol. The summed E-state index contributed by atoms with van der Waals surface area (Å²) in [6.45, 7) is 24.7. The predicted molar refractivity (Wildman–Crippen MR) is 125 cm³/mol. The maximum atomic E-state index is 14.3. The van der Waals surface area contributed by atoms with Crippen LogP contribution in [-0.2, 0) is 19.1 Å². The quantitative estimate of drug-likeness (QED) is 0.326. The Morgan fingerprint density at radius 1 is 0.581 bits per heavy atom. The SMILES string of the molecule is CC(C)OC(=O)C1(C(C)C)C2(C(C)C)C=CC(C(C)C)(C2)C1(C(=O)OC(C)C)C(C)C. The number of hydrogen-bond acceptors (Lipinski definition) is 4. The molecule has 0 aromatic carbocycles. The summed E-state index contributed by atoms with van der Waals surface area (Å²) in [5.74, 6) is -0.361. The lowest BCUT2D eigenvalue weighted by Gasteiger charge is -2.60. The minimum atomic E-state index is -1.02. The molecule has 2 aliphatic carbocycles. The van der Waals surface area contributed by atoms with Crippen molar-refractivity contribution in [3.05, 3.63) is 12.2 Å². The molecule has 0 aromatic heterocycles. The molecule has 1 fully saturated rings. The van der Waals surface area contributed by atoms with Gasteiger partial charge in [-0.25, -0.2) is 0 Å². The lowest BCUT2D eigenvalue weighted by atomic mass is 9.40. The molecule has 4 atom stereocenters. The molecule has 0 N–H and O–H groups in total. The molecule has 4 nitrogen and oxygen atoms in total. The molecule has 2 bridgehead atoms. The third-order valence-corrected chi connectivity index (χ3v) is 8.48. The fourth-order valence-electron chi connectivity index (χ4n) is 7.65. The van der Waals surface area contributed by atoms with Gasteiger partial charge in [0.1, 0.15) is 0 Å². The Labute approximate surface area is 190 Å². The molecule has 2 aliphatic rings. The number of esters is 2. The third kappa shape index (κ3) is 2.99. The first kappa shape index (κ1) is 25.9. The van der Waals surface area contributed by atoms with E-state index >= 15 is 0 Å². The van der Waals surface area contributed by atoms with E-state index in [0.29, 0.717) is 0 Å². The van der Waals surface area contributed by atoms with Gasteiger partial charge in [0.05, 0.1) is 23.0 Å². The first-order valence-electron chi connectivity index (χ1n) is 12.2. The van der Waals surface area contributed by atoms with Crippen molar-refractivity contribution < 1.29 is 19.1 Å². The van der Waals surface area contributed by atoms with Gasteiger partial charge in [0.15, 0.2) is 0 Å². The summed E-state index contributed by atoms with van der Waals surface area (Å²) in [5, 5.41) is 0. The van der Waals surface area contributed by atoms with Crippen LogP contribution in [0.5, 0.6) is 0 Å². The van der Waals surface area contributed by atoms with E-state index < -0.39 is 21.7 Å². The minimum absolute atomic E-state index is 0.103. The van der Waals surface area contributed by atoms with Crippen molar-refractivity contribution in [2.24, 2.45) is 45.3 Å². The van der Waals surface area contributed by atoms with E-state index in [-0.39, 0.29) is 47.8 Å². The number of carbonyl (C=O) groups excluding carboxylic acids is 2. The van der Waals surface area contributed by atoms with Crippen LogP contribution in [-0.4, -0.2) is 24.1 Å². The summed E-state index contributed by atoms with van der Waals surface area (Å²) in [6.07, 6.45) is 4.80. The summed E-state index contributed by atoms with van der Waals surface area (Å²) >= 11 is 0. The molecule has 1 saturated carbocycles. The molecule has 2 rings (SSSR count). The van der Waals surface area contributed by atoms with Crippen molar-refractivity contribution in [3.63, 3.8) is 0 Å². The van der Waals surface area contributed by atoms with Crippen LogP contribution in [0, 0.1) is 45.3 Å². The summed E-state index contributed by atoms with van der Waals surface area (Å²) < 4.78 is 12.1. The molecule has 178 valence electrons. The molecule has 0 aromatic rings. The van der Waals surface area contributed by atoms with Gasteiger partial charge >= 0.3 is 11.9 Å². The van der Waals surface area contributed by atoms with Crippen molar-refractivity contribution in [2.75, 3.05) is 0 Å². The molecule has 4 heteroatoms. The average molecular weight is 435 g/mol. The van der Waals surface area contributed by atoms with Gasteiger partial charge in [0.2, 0.25) is 0 Å². The van der Waals surface area contributed by atoms with Crippen LogP contribution in [0.1, 0.15) is 89.5 Å². The summed E-state index contributed by atoms with van der Waals surface area (Å²) in [5.41, 5.74) is -2.98. The first-order valence-corrected chi connectivity index (χ1v) is 12.2. The van der Waals surface area contributed by atoms with Gasteiger partial charge < -0.3 is 9.47 Å². The zero-order valence-corrected chi connectivity index (χ0v) is 22.0. The Kier molecular flexibility index (Phi) is 6.88. The zero-order chi connectivity index (χ0) is 24.2. The van der Waals surface area contributed by atoms with Gasteiger partial charge in [-0.3, -0.25) is 9.59 Å². The summed E-state index contributed by atoms with van der Waals surface area (Å²) in [4.78, 5) is 28.7. The number of fused-ring (bicyclic) bond motifs is 2. The maximum Gasteiger partial charge on any atom is 0.314 e. The summed E-state index contributed by atoms with van der Waals surface area (Å²) in [7, 11) is 0. The van der Waals surface area contributed by atoms with Gasteiger partial charge in [-0.1, -0.05) is 67.5 Å². The number of carbonyl (C=O) groups is 2. The molecule has 0 heterocycles. The fraction of sp³-hybridized carbons (Fsp3) is 0.852. The molecule has 0 aliphatic heterocycles. The van der Waals surface area contributed by atoms with Gasteiger partial charge in [-0.2, -0.15) is 0 Å². The van der Waals surface area contributed by atoms with E-state index in [9.17, 15) is 9.59 Å². The second-order valence-corrected chi connectivity index (χ2v) is 11.7. The van der Waals surface area contributed by atoms with Gasteiger partial charge in [0.25, 0.3) is 0 Å². The minimum Gasteiger partial charge on any atom is -0.462 e. The van der Waals surface area contributed by atoms with Crippen LogP contribution in [0.2, 0.25) is 0 Å². The van der Waals surface area contributed by atoms with Crippen LogP contribution >= 0.6 is 0 Å². The number of rotatable bonds is 8. The van der Waals surface area contributed by atoms with Crippen molar-refractivity contribution in [3.8, 4) is 0 Å². The molecular formula is C27H46O4. The Balaban J connectivity index is 3.10. The average Bonchev–Trinajstić information content (AvgIpc) is 3.11. The van der Waals surface area contributed by atoms with Gasteiger partial charge in [0, 0.05) is 10.8 Å². The lowest BCUT2D eigenvalue weighted by molar-refractivity contribution is -0.217. The molecule has 0 spiro atoms. The second kappa shape index (κ2) is 8.23.